The highest BCUT2D eigenvalue weighted by molar-refractivity contribution is 5.97. The third kappa shape index (κ3) is 2.16. The van der Waals surface area contributed by atoms with E-state index >= 15 is 0 Å². The van der Waals surface area contributed by atoms with Gasteiger partial charge in [-0.2, -0.15) is 0 Å². The van der Waals surface area contributed by atoms with Crippen molar-refractivity contribution in [1.82, 2.24) is 5.32 Å². The van der Waals surface area contributed by atoms with Gasteiger partial charge in [-0.3, -0.25) is 4.79 Å². The molecule has 2 saturated heterocycles. The molecule has 1 aromatic carbocycles. The Kier molecular flexibility index (Phi) is 2.88. The molecule has 0 saturated carbocycles. The third-order valence-corrected chi connectivity index (χ3v) is 4.75. The summed E-state index contributed by atoms with van der Waals surface area (Å²) in [6.45, 7) is 0. The van der Waals surface area contributed by atoms with Crippen LogP contribution in [-0.4, -0.2) is 17.9 Å². The molecular formula is C17H19NO2. The van der Waals surface area contributed by atoms with E-state index < -0.39 is 0 Å². The van der Waals surface area contributed by atoms with Crippen molar-refractivity contribution in [2.75, 3.05) is 0 Å². The van der Waals surface area contributed by atoms with Gasteiger partial charge in [-0.1, -0.05) is 18.2 Å². The summed E-state index contributed by atoms with van der Waals surface area (Å²) in [4.78, 5) is 12.4. The summed E-state index contributed by atoms with van der Waals surface area (Å²) in [5.41, 5.74) is 0.807. The number of piperidine rings is 1. The molecule has 3 heterocycles. The SMILES string of the molecule is O=C(CC1CC2CCC(C1)N2)c1cc2ccccc2o1. The van der Waals surface area contributed by atoms with Gasteiger partial charge in [0.15, 0.2) is 11.5 Å². The normalized spacial score (nSPS) is 28.9. The Bertz CT molecular complexity index is 600. The molecule has 0 radical (unpaired) electrons. The standard InChI is InChI=1S/C17H19NO2/c19-15(9-11-7-13-5-6-14(8-11)18-13)17-10-12-3-1-2-4-16(12)20-17/h1-4,10-11,13-14,18H,5-9H2. The number of hydrogen-bond acceptors (Lipinski definition) is 3. The minimum Gasteiger partial charge on any atom is -0.453 e. The Morgan fingerprint density at radius 3 is 2.70 bits per heavy atom. The first kappa shape index (κ1) is 12.2. The lowest BCUT2D eigenvalue weighted by molar-refractivity contribution is 0.0920. The van der Waals surface area contributed by atoms with Crippen LogP contribution in [0.5, 0.6) is 0 Å². The summed E-state index contributed by atoms with van der Waals surface area (Å²) >= 11 is 0. The summed E-state index contributed by atoms with van der Waals surface area (Å²) in [7, 11) is 0. The zero-order valence-electron chi connectivity index (χ0n) is 11.5. The van der Waals surface area contributed by atoms with Crippen LogP contribution in [0.3, 0.4) is 0 Å². The molecule has 2 bridgehead atoms. The summed E-state index contributed by atoms with van der Waals surface area (Å²) in [5, 5.41) is 4.64. The highest BCUT2D eigenvalue weighted by Gasteiger charge is 2.34. The number of ketones is 1. The van der Waals surface area contributed by atoms with Gasteiger partial charge in [0, 0.05) is 23.9 Å². The van der Waals surface area contributed by atoms with Crippen molar-refractivity contribution in [2.24, 2.45) is 5.92 Å². The number of para-hydroxylation sites is 1. The van der Waals surface area contributed by atoms with Crippen LogP contribution < -0.4 is 5.32 Å². The van der Waals surface area contributed by atoms with E-state index in [1.54, 1.807) is 0 Å². The second kappa shape index (κ2) is 4.74. The van der Waals surface area contributed by atoms with Gasteiger partial charge in [0.05, 0.1) is 0 Å². The fraction of sp³-hybridized carbons (Fsp3) is 0.471. The smallest absolute Gasteiger partial charge is 0.198 e. The molecule has 1 N–H and O–H groups in total. The van der Waals surface area contributed by atoms with E-state index in [1.165, 1.54) is 12.8 Å². The van der Waals surface area contributed by atoms with Crippen molar-refractivity contribution in [2.45, 2.75) is 44.2 Å². The molecule has 2 aromatic rings. The van der Waals surface area contributed by atoms with E-state index in [-0.39, 0.29) is 5.78 Å². The first-order chi connectivity index (χ1) is 9.78. The molecule has 0 amide bonds. The largest absolute Gasteiger partial charge is 0.453 e. The molecule has 0 spiro atoms. The quantitative estimate of drug-likeness (QED) is 0.867. The Labute approximate surface area is 118 Å². The number of hydrogen-bond donors (Lipinski definition) is 1. The molecule has 2 unspecified atom stereocenters. The molecule has 0 aliphatic carbocycles. The van der Waals surface area contributed by atoms with E-state index in [4.69, 9.17) is 4.42 Å². The van der Waals surface area contributed by atoms with Crippen LogP contribution in [0.1, 0.15) is 42.7 Å². The minimum atomic E-state index is 0.160. The van der Waals surface area contributed by atoms with Crippen molar-refractivity contribution in [3.63, 3.8) is 0 Å². The van der Waals surface area contributed by atoms with Crippen molar-refractivity contribution in [1.29, 1.82) is 0 Å². The molecule has 104 valence electrons. The van der Waals surface area contributed by atoms with Crippen molar-refractivity contribution < 1.29 is 9.21 Å². The van der Waals surface area contributed by atoms with Crippen LogP contribution in [0.4, 0.5) is 0 Å². The number of carbonyl (C=O) groups excluding carboxylic acids is 1. The third-order valence-electron chi connectivity index (χ3n) is 4.75. The molecule has 3 nitrogen and oxygen atoms in total. The van der Waals surface area contributed by atoms with Crippen LogP contribution >= 0.6 is 0 Å². The first-order valence-electron chi connectivity index (χ1n) is 7.56. The molecule has 2 aliphatic heterocycles. The molecule has 3 heteroatoms. The van der Waals surface area contributed by atoms with Crippen LogP contribution in [0, 0.1) is 5.92 Å². The zero-order chi connectivity index (χ0) is 13.5. The number of rotatable bonds is 3. The van der Waals surface area contributed by atoms with E-state index in [0.717, 1.165) is 23.8 Å². The average Bonchev–Trinajstić information content (AvgIpc) is 3.02. The van der Waals surface area contributed by atoms with Gasteiger partial charge in [0.2, 0.25) is 0 Å². The summed E-state index contributed by atoms with van der Waals surface area (Å²) in [5.74, 6) is 1.21. The van der Waals surface area contributed by atoms with Gasteiger partial charge in [-0.05, 0) is 43.7 Å². The molecule has 2 fully saturated rings. The molecule has 2 aliphatic rings. The van der Waals surface area contributed by atoms with E-state index in [2.05, 4.69) is 5.32 Å². The zero-order valence-corrected chi connectivity index (χ0v) is 11.5. The molecule has 2 atom stereocenters. The van der Waals surface area contributed by atoms with Gasteiger partial charge >= 0.3 is 0 Å². The van der Waals surface area contributed by atoms with Gasteiger partial charge in [-0.15, -0.1) is 0 Å². The van der Waals surface area contributed by atoms with Gasteiger partial charge < -0.3 is 9.73 Å². The first-order valence-corrected chi connectivity index (χ1v) is 7.56. The molecule has 4 rings (SSSR count). The monoisotopic (exact) mass is 269 g/mol. The fourth-order valence-corrected chi connectivity index (χ4v) is 3.82. The highest BCUT2D eigenvalue weighted by Crippen LogP contribution is 2.33. The number of Topliss-reactive ketones (excluding diaryl/α,β-unsaturated/α-hetero) is 1. The van der Waals surface area contributed by atoms with Gasteiger partial charge in [-0.25, -0.2) is 0 Å². The Morgan fingerprint density at radius 2 is 1.95 bits per heavy atom. The molecular weight excluding hydrogens is 250 g/mol. The number of nitrogens with one attached hydrogen (secondary N) is 1. The Balaban J connectivity index is 1.49. The minimum absolute atomic E-state index is 0.160. The van der Waals surface area contributed by atoms with Crippen LogP contribution in [0.2, 0.25) is 0 Å². The van der Waals surface area contributed by atoms with E-state index in [0.29, 0.717) is 30.2 Å². The topological polar surface area (TPSA) is 42.2 Å². The van der Waals surface area contributed by atoms with Crippen molar-refractivity contribution in [3.8, 4) is 0 Å². The van der Waals surface area contributed by atoms with Crippen molar-refractivity contribution in [3.05, 3.63) is 36.1 Å². The summed E-state index contributed by atoms with van der Waals surface area (Å²) in [6.07, 6.45) is 5.47. The predicted molar refractivity (Wildman–Crippen MR) is 77.8 cm³/mol. The van der Waals surface area contributed by atoms with Crippen LogP contribution in [0.15, 0.2) is 34.7 Å². The number of carbonyl (C=O) groups is 1. The fourth-order valence-electron chi connectivity index (χ4n) is 3.82. The number of fused-ring (bicyclic) bond motifs is 3. The van der Waals surface area contributed by atoms with Gasteiger partial charge in [0.1, 0.15) is 5.58 Å². The Hall–Kier alpha value is -1.61. The second-order valence-electron chi connectivity index (χ2n) is 6.25. The van der Waals surface area contributed by atoms with Crippen LogP contribution in [-0.2, 0) is 0 Å². The number of furan rings is 1. The lowest BCUT2D eigenvalue weighted by Gasteiger charge is -2.28. The van der Waals surface area contributed by atoms with Gasteiger partial charge in [0.25, 0.3) is 0 Å². The van der Waals surface area contributed by atoms with Crippen molar-refractivity contribution >= 4 is 16.8 Å². The molecule has 1 aromatic heterocycles. The summed E-state index contributed by atoms with van der Waals surface area (Å²) in [6, 6.07) is 11.0. The highest BCUT2D eigenvalue weighted by atomic mass is 16.3. The molecule has 20 heavy (non-hydrogen) atoms. The maximum Gasteiger partial charge on any atom is 0.198 e. The average molecular weight is 269 g/mol. The van der Waals surface area contributed by atoms with Crippen LogP contribution in [0.25, 0.3) is 11.0 Å². The second-order valence-corrected chi connectivity index (χ2v) is 6.25. The number of benzene rings is 1. The maximum atomic E-state index is 12.4. The predicted octanol–water partition coefficient (Wildman–Crippen LogP) is 3.54. The van der Waals surface area contributed by atoms with E-state index in [1.807, 2.05) is 30.3 Å². The summed E-state index contributed by atoms with van der Waals surface area (Å²) < 4.78 is 5.68. The lowest BCUT2D eigenvalue weighted by atomic mass is 9.88. The lowest BCUT2D eigenvalue weighted by Crippen LogP contribution is -2.38. The Morgan fingerprint density at radius 1 is 1.20 bits per heavy atom. The maximum absolute atomic E-state index is 12.4. The van der Waals surface area contributed by atoms with E-state index in [9.17, 15) is 4.79 Å².